The van der Waals surface area contributed by atoms with Crippen LogP contribution in [0.15, 0.2) is 29.2 Å². The fourth-order valence-corrected chi connectivity index (χ4v) is 1.91. The van der Waals surface area contributed by atoms with E-state index in [9.17, 15) is 8.42 Å². The van der Waals surface area contributed by atoms with Gasteiger partial charge in [-0.25, -0.2) is 8.42 Å². The van der Waals surface area contributed by atoms with Crippen molar-refractivity contribution in [3.05, 3.63) is 24.3 Å². The molecule has 78 valence electrons. The van der Waals surface area contributed by atoms with Gasteiger partial charge in [0.15, 0.2) is 9.84 Å². The molecule has 0 bridgehead atoms. The molecule has 0 unspecified atom stereocenters. The van der Waals surface area contributed by atoms with Gasteiger partial charge in [-0.1, -0.05) is 19.1 Å². The molecule has 0 atom stereocenters. The Bertz CT molecular complexity index is 396. The average molecular weight is 214 g/mol. The fourth-order valence-electron chi connectivity index (χ4n) is 1.09. The largest absolute Gasteiger partial charge is 0.492 e. The molecule has 0 heterocycles. The smallest absolute Gasteiger partial charge is 0.179 e. The lowest BCUT2D eigenvalue weighted by Gasteiger charge is -2.08. The summed E-state index contributed by atoms with van der Waals surface area (Å²) in [6.45, 7) is 2.51. The molecule has 0 saturated carbocycles. The number of hydrogen-bond acceptors (Lipinski definition) is 3. The maximum atomic E-state index is 11.3. The molecule has 0 amide bonds. The molecule has 1 aromatic carbocycles. The van der Waals surface area contributed by atoms with Crippen molar-refractivity contribution < 1.29 is 13.2 Å². The summed E-state index contributed by atoms with van der Waals surface area (Å²) in [4.78, 5) is 0.258. The second-order valence-corrected chi connectivity index (χ2v) is 5.05. The molecule has 14 heavy (non-hydrogen) atoms. The lowest BCUT2D eigenvalue weighted by atomic mass is 10.3. The Balaban J connectivity index is 3.04. The minimum atomic E-state index is -3.19. The predicted octanol–water partition coefficient (Wildman–Crippen LogP) is 1.88. The Morgan fingerprint density at radius 3 is 2.50 bits per heavy atom. The molecular weight excluding hydrogens is 200 g/mol. The van der Waals surface area contributed by atoms with Crippen molar-refractivity contribution in [3.63, 3.8) is 0 Å². The van der Waals surface area contributed by atoms with Gasteiger partial charge in [-0.15, -0.1) is 0 Å². The lowest BCUT2D eigenvalue weighted by Crippen LogP contribution is -2.03. The minimum Gasteiger partial charge on any atom is -0.492 e. The topological polar surface area (TPSA) is 43.4 Å². The molecule has 0 aromatic heterocycles. The highest BCUT2D eigenvalue weighted by Crippen LogP contribution is 2.22. The zero-order chi connectivity index (χ0) is 10.6. The maximum Gasteiger partial charge on any atom is 0.179 e. The number of rotatable bonds is 4. The van der Waals surface area contributed by atoms with Gasteiger partial charge < -0.3 is 4.74 Å². The normalized spacial score (nSPS) is 11.3. The summed E-state index contributed by atoms with van der Waals surface area (Å²) in [5.41, 5.74) is 0. The van der Waals surface area contributed by atoms with Gasteiger partial charge in [0, 0.05) is 6.26 Å². The first-order chi connectivity index (χ1) is 6.55. The van der Waals surface area contributed by atoms with Crippen molar-refractivity contribution in [2.45, 2.75) is 18.2 Å². The average Bonchev–Trinajstić information content (AvgIpc) is 2.14. The summed E-state index contributed by atoms with van der Waals surface area (Å²) < 4.78 is 28.0. The van der Waals surface area contributed by atoms with Crippen LogP contribution in [0.5, 0.6) is 5.75 Å². The van der Waals surface area contributed by atoms with E-state index in [1.165, 1.54) is 6.26 Å². The van der Waals surface area contributed by atoms with Gasteiger partial charge in [0.25, 0.3) is 0 Å². The Morgan fingerprint density at radius 2 is 1.93 bits per heavy atom. The van der Waals surface area contributed by atoms with Crippen LogP contribution < -0.4 is 4.74 Å². The van der Waals surface area contributed by atoms with Crippen LogP contribution in [0.1, 0.15) is 13.3 Å². The first kappa shape index (κ1) is 11.0. The van der Waals surface area contributed by atoms with Crippen LogP contribution in [0.25, 0.3) is 0 Å². The lowest BCUT2D eigenvalue weighted by molar-refractivity contribution is 0.309. The van der Waals surface area contributed by atoms with Gasteiger partial charge in [-0.05, 0) is 18.6 Å². The molecule has 0 fully saturated rings. The van der Waals surface area contributed by atoms with Gasteiger partial charge in [0.1, 0.15) is 10.6 Å². The SMILES string of the molecule is CCCOc1ccccc1S(C)(=O)=O. The third-order valence-electron chi connectivity index (χ3n) is 1.71. The van der Waals surface area contributed by atoms with E-state index in [4.69, 9.17) is 4.74 Å². The summed E-state index contributed by atoms with van der Waals surface area (Å²) in [5.74, 6) is 0.442. The highest BCUT2D eigenvalue weighted by Gasteiger charge is 2.12. The standard InChI is InChI=1S/C10H14O3S/c1-3-8-13-9-6-4-5-7-10(9)14(2,11)12/h4-7H,3,8H2,1-2H3. The minimum absolute atomic E-state index is 0.258. The quantitative estimate of drug-likeness (QED) is 0.768. The highest BCUT2D eigenvalue weighted by atomic mass is 32.2. The van der Waals surface area contributed by atoms with Crippen LogP contribution in [0, 0.1) is 0 Å². The van der Waals surface area contributed by atoms with Crippen molar-refractivity contribution in [1.82, 2.24) is 0 Å². The molecule has 0 aliphatic heterocycles. The van der Waals surface area contributed by atoms with Gasteiger partial charge in [-0.2, -0.15) is 0 Å². The van der Waals surface area contributed by atoms with Gasteiger partial charge in [-0.3, -0.25) is 0 Å². The van der Waals surface area contributed by atoms with Crippen LogP contribution in [-0.4, -0.2) is 21.3 Å². The van der Waals surface area contributed by atoms with Crippen molar-refractivity contribution in [2.24, 2.45) is 0 Å². The van der Waals surface area contributed by atoms with E-state index < -0.39 is 9.84 Å². The molecule has 0 saturated heterocycles. The van der Waals surface area contributed by atoms with Crippen LogP contribution >= 0.6 is 0 Å². The number of ether oxygens (including phenoxy) is 1. The molecule has 0 aliphatic rings. The number of hydrogen-bond donors (Lipinski definition) is 0. The van der Waals surface area contributed by atoms with Crippen molar-refractivity contribution in [3.8, 4) is 5.75 Å². The summed E-state index contributed by atoms with van der Waals surface area (Å²) in [7, 11) is -3.19. The molecular formula is C10H14O3S. The number of benzene rings is 1. The van der Waals surface area contributed by atoms with E-state index in [-0.39, 0.29) is 4.90 Å². The molecule has 3 nitrogen and oxygen atoms in total. The third-order valence-corrected chi connectivity index (χ3v) is 2.85. The van der Waals surface area contributed by atoms with E-state index in [1.54, 1.807) is 24.3 Å². The zero-order valence-electron chi connectivity index (χ0n) is 8.36. The van der Waals surface area contributed by atoms with Crippen LogP contribution in [0.4, 0.5) is 0 Å². The highest BCUT2D eigenvalue weighted by molar-refractivity contribution is 7.90. The van der Waals surface area contributed by atoms with Gasteiger partial charge >= 0.3 is 0 Å². The first-order valence-corrected chi connectivity index (χ1v) is 6.36. The second-order valence-electron chi connectivity index (χ2n) is 3.07. The van der Waals surface area contributed by atoms with E-state index in [0.29, 0.717) is 12.4 Å². The van der Waals surface area contributed by atoms with E-state index in [1.807, 2.05) is 6.92 Å². The van der Waals surface area contributed by atoms with E-state index >= 15 is 0 Å². The van der Waals surface area contributed by atoms with E-state index in [2.05, 4.69) is 0 Å². The fraction of sp³-hybridized carbons (Fsp3) is 0.400. The van der Waals surface area contributed by atoms with Crippen molar-refractivity contribution in [2.75, 3.05) is 12.9 Å². The molecule has 1 aromatic rings. The predicted molar refractivity (Wildman–Crippen MR) is 55.3 cm³/mol. The maximum absolute atomic E-state index is 11.3. The Kier molecular flexibility index (Phi) is 3.52. The van der Waals surface area contributed by atoms with Crippen molar-refractivity contribution in [1.29, 1.82) is 0 Å². The molecule has 4 heteroatoms. The molecule has 0 aliphatic carbocycles. The van der Waals surface area contributed by atoms with Crippen LogP contribution in [0.2, 0.25) is 0 Å². The monoisotopic (exact) mass is 214 g/mol. The Hall–Kier alpha value is -1.03. The van der Waals surface area contributed by atoms with Crippen molar-refractivity contribution >= 4 is 9.84 Å². The first-order valence-electron chi connectivity index (χ1n) is 4.47. The Morgan fingerprint density at radius 1 is 1.29 bits per heavy atom. The van der Waals surface area contributed by atoms with Gasteiger partial charge in [0.05, 0.1) is 6.61 Å². The van der Waals surface area contributed by atoms with Gasteiger partial charge in [0.2, 0.25) is 0 Å². The molecule has 0 N–H and O–H groups in total. The summed E-state index contributed by atoms with van der Waals surface area (Å²) in [6, 6.07) is 6.68. The molecule has 0 spiro atoms. The Labute approximate surface area is 84.6 Å². The third kappa shape index (κ3) is 2.73. The second kappa shape index (κ2) is 4.46. The van der Waals surface area contributed by atoms with E-state index in [0.717, 1.165) is 6.42 Å². The molecule has 1 rings (SSSR count). The number of para-hydroxylation sites is 1. The summed E-state index contributed by atoms with van der Waals surface area (Å²) in [5, 5.41) is 0. The van der Waals surface area contributed by atoms with Crippen LogP contribution in [-0.2, 0) is 9.84 Å². The summed E-state index contributed by atoms with van der Waals surface area (Å²) in [6.07, 6.45) is 2.04. The zero-order valence-corrected chi connectivity index (χ0v) is 9.17. The summed E-state index contributed by atoms with van der Waals surface area (Å²) >= 11 is 0. The number of sulfone groups is 1. The van der Waals surface area contributed by atoms with Crippen LogP contribution in [0.3, 0.4) is 0 Å². The molecule has 0 radical (unpaired) electrons.